The summed E-state index contributed by atoms with van der Waals surface area (Å²) >= 11 is 0. The molecule has 0 bridgehead atoms. The van der Waals surface area contributed by atoms with Gasteiger partial charge >= 0.3 is 0 Å². The third-order valence-electron chi connectivity index (χ3n) is 1.47. The molecule has 0 aromatic heterocycles. The molecule has 1 saturated heterocycles. The summed E-state index contributed by atoms with van der Waals surface area (Å²) in [5.74, 6) is 0. The second-order valence-electron chi connectivity index (χ2n) is 2.98. The van der Waals surface area contributed by atoms with Crippen LogP contribution in [-0.4, -0.2) is 77.3 Å². The Morgan fingerprint density at radius 3 is 1.75 bits per heavy atom. The van der Waals surface area contributed by atoms with Crippen molar-refractivity contribution in [3.63, 3.8) is 0 Å². The van der Waals surface area contributed by atoms with E-state index in [0.717, 1.165) is 20.3 Å². The molecule has 1 aliphatic heterocycles. The Kier molecular flexibility index (Phi) is 16.7. The van der Waals surface area contributed by atoms with Crippen molar-refractivity contribution in [3.8, 4) is 0 Å². The quantitative estimate of drug-likeness (QED) is 0.596. The van der Waals surface area contributed by atoms with Crippen LogP contribution in [0.5, 0.6) is 0 Å². The standard InChI is InChI=1S/C5H12O3.C4H8O2.CH4O/c1-7-3-5(6)4-8-2;1-5-2-4-3-6-4;1-2/h5-6H,3-4H2,1-2H3;4H,2-3H2,1H3;2H,1H3. The van der Waals surface area contributed by atoms with Crippen LogP contribution < -0.4 is 0 Å². The molecule has 0 radical (unpaired) electrons. The molecule has 16 heavy (non-hydrogen) atoms. The minimum atomic E-state index is -0.481. The fraction of sp³-hybridized carbons (Fsp3) is 1.00. The van der Waals surface area contributed by atoms with E-state index >= 15 is 0 Å². The van der Waals surface area contributed by atoms with Gasteiger partial charge in [0.1, 0.15) is 12.2 Å². The highest BCUT2D eigenvalue weighted by Gasteiger charge is 2.21. The molecule has 1 heterocycles. The number of aliphatic hydroxyl groups is 2. The molecule has 0 aromatic rings. The van der Waals surface area contributed by atoms with Crippen LogP contribution in [0.1, 0.15) is 0 Å². The van der Waals surface area contributed by atoms with Gasteiger partial charge in [-0.1, -0.05) is 0 Å². The van der Waals surface area contributed by atoms with Crippen LogP contribution in [0.2, 0.25) is 0 Å². The lowest BCUT2D eigenvalue weighted by Crippen LogP contribution is -2.19. The van der Waals surface area contributed by atoms with Crippen LogP contribution in [0.25, 0.3) is 0 Å². The highest BCUT2D eigenvalue weighted by Crippen LogP contribution is 2.06. The van der Waals surface area contributed by atoms with Crippen LogP contribution >= 0.6 is 0 Å². The highest BCUT2D eigenvalue weighted by atomic mass is 16.6. The number of rotatable bonds is 6. The molecule has 0 saturated carbocycles. The average Bonchev–Trinajstić information content (AvgIpc) is 3.07. The maximum absolute atomic E-state index is 8.80. The van der Waals surface area contributed by atoms with Crippen molar-refractivity contribution >= 4 is 0 Å². The van der Waals surface area contributed by atoms with Crippen molar-refractivity contribution in [3.05, 3.63) is 0 Å². The molecule has 1 atom stereocenters. The molecule has 6 heteroatoms. The van der Waals surface area contributed by atoms with E-state index in [9.17, 15) is 0 Å². The van der Waals surface area contributed by atoms with Gasteiger partial charge in [0.05, 0.1) is 26.4 Å². The van der Waals surface area contributed by atoms with E-state index in [1.165, 1.54) is 0 Å². The second kappa shape index (κ2) is 14.8. The third-order valence-corrected chi connectivity index (χ3v) is 1.47. The van der Waals surface area contributed by atoms with Crippen LogP contribution in [0.15, 0.2) is 0 Å². The number of aliphatic hydroxyl groups excluding tert-OH is 2. The monoisotopic (exact) mass is 240 g/mol. The normalized spacial score (nSPS) is 17.1. The molecule has 0 spiro atoms. The highest BCUT2D eigenvalue weighted by molar-refractivity contribution is 4.66. The first kappa shape index (κ1) is 18.1. The first-order valence-corrected chi connectivity index (χ1v) is 4.95. The van der Waals surface area contributed by atoms with E-state index in [0.29, 0.717) is 19.3 Å². The first-order valence-electron chi connectivity index (χ1n) is 4.95. The Bertz CT molecular complexity index is 112. The summed E-state index contributed by atoms with van der Waals surface area (Å²) in [6.07, 6.45) is -0.0556. The molecule has 1 unspecified atom stereocenters. The van der Waals surface area contributed by atoms with Crippen LogP contribution in [0.3, 0.4) is 0 Å². The molecule has 2 N–H and O–H groups in total. The van der Waals surface area contributed by atoms with Crippen molar-refractivity contribution < 1.29 is 29.2 Å². The van der Waals surface area contributed by atoms with E-state index in [4.69, 9.17) is 19.7 Å². The second-order valence-corrected chi connectivity index (χ2v) is 2.98. The van der Waals surface area contributed by atoms with Crippen LogP contribution in [0, 0.1) is 0 Å². The van der Waals surface area contributed by atoms with Crippen molar-refractivity contribution in [1.29, 1.82) is 0 Å². The van der Waals surface area contributed by atoms with E-state index < -0.39 is 6.10 Å². The predicted octanol–water partition coefficient (Wildman–Crippen LogP) is -0.720. The lowest BCUT2D eigenvalue weighted by Gasteiger charge is -2.05. The molecule has 6 nitrogen and oxygen atoms in total. The SMILES string of the molecule is CO.COCC(O)COC.COCC1CO1. The molecule has 100 valence electrons. The number of hydrogen-bond donors (Lipinski definition) is 2. The van der Waals surface area contributed by atoms with Gasteiger partial charge in [-0.05, 0) is 0 Å². The van der Waals surface area contributed by atoms with Gasteiger partial charge < -0.3 is 29.2 Å². The van der Waals surface area contributed by atoms with Crippen molar-refractivity contribution in [1.82, 2.24) is 0 Å². The molecule has 0 aromatic carbocycles. The summed E-state index contributed by atoms with van der Waals surface area (Å²) in [7, 11) is 5.76. The number of epoxide rings is 1. The lowest BCUT2D eigenvalue weighted by atomic mass is 10.4. The topological polar surface area (TPSA) is 80.7 Å². The zero-order valence-electron chi connectivity index (χ0n) is 10.5. The number of ether oxygens (including phenoxy) is 4. The summed E-state index contributed by atoms with van der Waals surface area (Å²) in [6, 6.07) is 0. The van der Waals surface area contributed by atoms with Gasteiger partial charge in [-0.2, -0.15) is 0 Å². The molecule has 0 aliphatic carbocycles. The Balaban J connectivity index is 0. The van der Waals surface area contributed by atoms with Gasteiger partial charge in [0.25, 0.3) is 0 Å². The Hall–Kier alpha value is -0.240. The Labute approximate surface area is 97.1 Å². The molecular formula is C10H24O6. The fourth-order valence-electron chi connectivity index (χ4n) is 0.783. The van der Waals surface area contributed by atoms with Gasteiger partial charge in [-0.3, -0.25) is 0 Å². The lowest BCUT2D eigenvalue weighted by molar-refractivity contribution is 0.00980. The fourth-order valence-corrected chi connectivity index (χ4v) is 0.783. The van der Waals surface area contributed by atoms with Gasteiger partial charge in [0.15, 0.2) is 0 Å². The minimum absolute atomic E-state index is 0.341. The Morgan fingerprint density at radius 2 is 1.56 bits per heavy atom. The van der Waals surface area contributed by atoms with Crippen molar-refractivity contribution in [2.45, 2.75) is 12.2 Å². The van der Waals surface area contributed by atoms with Gasteiger partial charge in [0, 0.05) is 28.4 Å². The molecule has 0 amide bonds. The summed E-state index contributed by atoms with van der Waals surface area (Å²) in [5, 5.41) is 15.8. The van der Waals surface area contributed by atoms with E-state index in [-0.39, 0.29) is 0 Å². The molecule has 1 aliphatic rings. The van der Waals surface area contributed by atoms with Gasteiger partial charge in [-0.15, -0.1) is 0 Å². The smallest absolute Gasteiger partial charge is 0.104 e. The third kappa shape index (κ3) is 16.2. The zero-order valence-corrected chi connectivity index (χ0v) is 10.5. The zero-order chi connectivity index (χ0) is 12.8. The predicted molar refractivity (Wildman–Crippen MR) is 59.5 cm³/mol. The molecular weight excluding hydrogens is 216 g/mol. The summed E-state index contributed by atoms with van der Waals surface area (Å²) < 4.78 is 18.8. The first-order chi connectivity index (χ1) is 7.74. The average molecular weight is 240 g/mol. The maximum atomic E-state index is 8.80. The number of methoxy groups -OCH3 is 3. The van der Waals surface area contributed by atoms with E-state index in [1.807, 2.05) is 0 Å². The van der Waals surface area contributed by atoms with E-state index in [1.54, 1.807) is 21.3 Å². The van der Waals surface area contributed by atoms with Crippen LogP contribution in [0.4, 0.5) is 0 Å². The Morgan fingerprint density at radius 1 is 1.12 bits per heavy atom. The minimum Gasteiger partial charge on any atom is -0.400 e. The molecule has 1 rings (SSSR count). The van der Waals surface area contributed by atoms with Crippen LogP contribution in [-0.2, 0) is 18.9 Å². The number of hydrogen-bond acceptors (Lipinski definition) is 6. The van der Waals surface area contributed by atoms with Gasteiger partial charge in [-0.25, -0.2) is 0 Å². The maximum Gasteiger partial charge on any atom is 0.104 e. The summed E-state index contributed by atoms with van der Waals surface area (Å²) in [5.41, 5.74) is 0. The largest absolute Gasteiger partial charge is 0.400 e. The van der Waals surface area contributed by atoms with Crippen molar-refractivity contribution in [2.75, 3.05) is 54.9 Å². The summed E-state index contributed by atoms with van der Waals surface area (Å²) in [4.78, 5) is 0. The molecule has 1 fully saturated rings. The summed E-state index contributed by atoms with van der Waals surface area (Å²) in [6.45, 7) is 2.34. The van der Waals surface area contributed by atoms with Crippen molar-refractivity contribution in [2.24, 2.45) is 0 Å². The van der Waals surface area contributed by atoms with Gasteiger partial charge in [0.2, 0.25) is 0 Å². The van der Waals surface area contributed by atoms with E-state index in [2.05, 4.69) is 9.47 Å².